The Morgan fingerprint density at radius 1 is 1.30 bits per heavy atom. The second-order valence-corrected chi connectivity index (χ2v) is 3.92. The van der Waals surface area contributed by atoms with Gasteiger partial charge in [-0.1, -0.05) is 6.92 Å². The van der Waals surface area contributed by atoms with Crippen LogP contribution in [0.25, 0.3) is 0 Å². The van der Waals surface area contributed by atoms with Crippen LogP contribution in [0.4, 0.5) is 11.9 Å². The van der Waals surface area contributed by atoms with E-state index in [0.29, 0.717) is 19.1 Å². The zero-order valence-corrected chi connectivity index (χ0v) is 11.6. The maximum absolute atomic E-state index is 10.7. The van der Waals surface area contributed by atoms with Crippen molar-refractivity contribution in [2.45, 2.75) is 26.4 Å². The first-order valence-corrected chi connectivity index (χ1v) is 6.40. The van der Waals surface area contributed by atoms with Gasteiger partial charge in [-0.15, -0.1) is 0 Å². The number of nitrogens with one attached hydrogen (secondary N) is 2. The van der Waals surface area contributed by atoms with Gasteiger partial charge < -0.3 is 26.2 Å². The summed E-state index contributed by atoms with van der Waals surface area (Å²) in [7, 11) is 0. The maximum Gasteiger partial charge on any atom is 0.323 e. The molecule has 9 heteroatoms. The third-order valence-corrected chi connectivity index (χ3v) is 2.20. The van der Waals surface area contributed by atoms with Crippen LogP contribution in [0.5, 0.6) is 6.01 Å². The van der Waals surface area contributed by atoms with Crippen molar-refractivity contribution >= 4 is 17.8 Å². The van der Waals surface area contributed by atoms with Gasteiger partial charge in [-0.25, -0.2) is 0 Å². The Hall–Kier alpha value is -2.16. The van der Waals surface area contributed by atoms with Gasteiger partial charge in [0.1, 0.15) is 6.10 Å². The predicted octanol–water partition coefficient (Wildman–Crippen LogP) is -0.650. The summed E-state index contributed by atoms with van der Waals surface area (Å²) >= 11 is 0. The topological polar surface area (TPSA) is 135 Å². The van der Waals surface area contributed by atoms with E-state index in [1.807, 2.05) is 13.8 Å². The molecule has 1 aromatic heterocycles. The smallest absolute Gasteiger partial charge is 0.323 e. The molecule has 0 saturated carbocycles. The van der Waals surface area contributed by atoms with Crippen LogP contribution < -0.4 is 21.1 Å². The molecule has 1 rings (SSSR count). The van der Waals surface area contributed by atoms with Crippen molar-refractivity contribution in [3.8, 4) is 6.01 Å². The van der Waals surface area contributed by atoms with E-state index >= 15 is 0 Å². The molecule has 1 atom stereocenters. The zero-order valence-electron chi connectivity index (χ0n) is 11.6. The molecule has 0 radical (unpaired) electrons. The number of ether oxygens (including phenoxy) is 1. The standard InChI is InChI=1S/C11H20N6O3/c1-3-5-13-9-15-10(14-6-7(18)8(12)19)17-11(16-9)20-4-2/h7,18H,3-6H2,1-2H3,(H2,12,19)(H2,13,14,15,16,17). The van der Waals surface area contributed by atoms with E-state index in [1.54, 1.807) is 0 Å². The lowest BCUT2D eigenvalue weighted by atomic mass is 10.3. The van der Waals surface area contributed by atoms with Crippen molar-refractivity contribution in [1.29, 1.82) is 0 Å². The van der Waals surface area contributed by atoms with Crippen LogP contribution >= 0.6 is 0 Å². The molecule has 0 aliphatic carbocycles. The van der Waals surface area contributed by atoms with Crippen LogP contribution in [0.3, 0.4) is 0 Å². The highest BCUT2D eigenvalue weighted by Crippen LogP contribution is 2.11. The van der Waals surface area contributed by atoms with Crippen LogP contribution in [0.1, 0.15) is 20.3 Å². The number of primary amides is 1. The number of anilines is 2. The molecule has 1 heterocycles. The number of nitrogens with zero attached hydrogens (tertiary/aromatic N) is 3. The fourth-order valence-electron chi connectivity index (χ4n) is 1.23. The normalized spacial score (nSPS) is 11.8. The molecule has 9 nitrogen and oxygen atoms in total. The van der Waals surface area contributed by atoms with Gasteiger partial charge in [0.15, 0.2) is 0 Å². The Bertz CT molecular complexity index is 442. The second-order valence-electron chi connectivity index (χ2n) is 3.92. The highest BCUT2D eigenvalue weighted by atomic mass is 16.5. The minimum Gasteiger partial charge on any atom is -0.464 e. The zero-order chi connectivity index (χ0) is 15.0. The van der Waals surface area contributed by atoms with Gasteiger partial charge in [-0.05, 0) is 13.3 Å². The van der Waals surface area contributed by atoms with Crippen LogP contribution in [0.2, 0.25) is 0 Å². The summed E-state index contributed by atoms with van der Waals surface area (Å²) in [6, 6.07) is 0.164. The van der Waals surface area contributed by atoms with E-state index in [1.165, 1.54) is 0 Å². The molecule has 0 saturated heterocycles. The maximum atomic E-state index is 10.7. The van der Waals surface area contributed by atoms with Gasteiger partial charge in [-0.2, -0.15) is 15.0 Å². The number of hydrogen-bond donors (Lipinski definition) is 4. The Labute approximate surface area is 117 Å². The molecule has 1 aromatic rings. The number of carbonyl (C=O) groups excluding carboxylic acids is 1. The van der Waals surface area contributed by atoms with Crippen LogP contribution in [0, 0.1) is 0 Å². The molecule has 1 amide bonds. The van der Waals surface area contributed by atoms with Gasteiger partial charge in [0, 0.05) is 6.54 Å². The Balaban J connectivity index is 2.76. The van der Waals surface area contributed by atoms with Crippen molar-refractivity contribution in [3.05, 3.63) is 0 Å². The summed E-state index contributed by atoms with van der Waals surface area (Å²) in [5, 5.41) is 15.0. The second kappa shape index (κ2) is 8.10. The molecule has 0 aromatic carbocycles. The molecule has 0 aliphatic rings. The fourth-order valence-corrected chi connectivity index (χ4v) is 1.23. The van der Waals surface area contributed by atoms with Crippen molar-refractivity contribution in [3.63, 3.8) is 0 Å². The highest BCUT2D eigenvalue weighted by molar-refractivity contribution is 5.79. The monoisotopic (exact) mass is 284 g/mol. The van der Waals surface area contributed by atoms with Crippen molar-refractivity contribution in [2.24, 2.45) is 5.73 Å². The van der Waals surface area contributed by atoms with Crippen molar-refractivity contribution in [2.75, 3.05) is 30.3 Å². The van der Waals surface area contributed by atoms with Gasteiger partial charge in [0.2, 0.25) is 17.8 Å². The van der Waals surface area contributed by atoms with E-state index in [0.717, 1.165) is 6.42 Å². The van der Waals surface area contributed by atoms with Crippen molar-refractivity contribution < 1.29 is 14.6 Å². The SMILES string of the molecule is CCCNc1nc(NCC(O)C(N)=O)nc(OCC)n1. The summed E-state index contributed by atoms with van der Waals surface area (Å²) in [5.41, 5.74) is 4.95. The molecule has 0 bridgehead atoms. The number of amides is 1. The number of aromatic nitrogens is 3. The number of nitrogens with two attached hydrogens (primary N) is 1. The lowest BCUT2D eigenvalue weighted by Crippen LogP contribution is -2.34. The van der Waals surface area contributed by atoms with E-state index in [2.05, 4.69) is 25.6 Å². The quantitative estimate of drug-likeness (QED) is 0.470. The average molecular weight is 284 g/mol. The van der Waals surface area contributed by atoms with Gasteiger partial charge in [0.25, 0.3) is 0 Å². The first-order chi connectivity index (χ1) is 9.56. The predicted molar refractivity (Wildman–Crippen MR) is 73.5 cm³/mol. The summed E-state index contributed by atoms with van der Waals surface area (Å²) in [4.78, 5) is 22.9. The first-order valence-electron chi connectivity index (χ1n) is 6.40. The molecular formula is C11H20N6O3. The minimum atomic E-state index is -1.31. The number of carbonyl (C=O) groups is 1. The van der Waals surface area contributed by atoms with Crippen LogP contribution in [-0.2, 0) is 4.79 Å². The summed E-state index contributed by atoms with van der Waals surface area (Å²) in [6.45, 7) is 4.87. The molecule has 1 unspecified atom stereocenters. The molecule has 0 aliphatic heterocycles. The number of aliphatic hydroxyl groups is 1. The Kier molecular flexibility index (Phi) is 6.44. The molecule has 20 heavy (non-hydrogen) atoms. The minimum absolute atomic E-state index is 0.0852. The summed E-state index contributed by atoms with van der Waals surface area (Å²) < 4.78 is 5.23. The van der Waals surface area contributed by atoms with E-state index in [4.69, 9.17) is 10.5 Å². The van der Waals surface area contributed by atoms with Gasteiger partial charge >= 0.3 is 6.01 Å². The third kappa shape index (κ3) is 5.22. The molecule has 5 N–H and O–H groups in total. The Morgan fingerprint density at radius 2 is 1.95 bits per heavy atom. The van der Waals surface area contributed by atoms with E-state index < -0.39 is 12.0 Å². The Morgan fingerprint density at radius 3 is 2.50 bits per heavy atom. The van der Waals surface area contributed by atoms with Crippen LogP contribution in [-0.4, -0.2) is 51.8 Å². The van der Waals surface area contributed by atoms with Gasteiger partial charge in [-0.3, -0.25) is 4.79 Å². The lowest BCUT2D eigenvalue weighted by molar-refractivity contribution is -0.125. The summed E-state index contributed by atoms with van der Waals surface area (Å²) in [5.74, 6) is -0.260. The fraction of sp³-hybridized carbons (Fsp3) is 0.636. The first kappa shape index (κ1) is 15.9. The van der Waals surface area contributed by atoms with E-state index in [-0.39, 0.29) is 18.5 Å². The third-order valence-electron chi connectivity index (χ3n) is 2.20. The average Bonchev–Trinajstić information content (AvgIpc) is 2.42. The summed E-state index contributed by atoms with van der Waals surface area (Å²) in [6.07, 6.45) is -0.395. The molecule has 112 valence electrons. The molecule has 0 fully saturated rings. The van der Waals surface area contributed by atoms with Crippen LogP contribution in [0.15, 0.2) is 0 Å². The largest absolute Gasteiger partial charge is 0.464 e. The van der Waals surface area contributed by atoms with Gasteiger partial charge in [0.05, 0.1) is 13.2 Å². The lowest BCUT2D eigenvalue weighted by Gasteiger charge is -2.11. The number of hydrogen-bond acceptors (Lipinski definition) is 8. The number of rotatable bonds is 9. The number of aliphatic hydroxyl groups excluding tert-OH is 1. The van der Waals surface area contributed by atoms with Crippen molar-refractivity contribution in [1.82, 2.24) is 15.0 Å². The van der Waals surface area contributed by atoms with E-state index in [9.17, 15) is 9.90 Å². The highest BCUT2D eigenvalue weighted by Gasteiger charge is 2.12. The molecular weight excluding hydrogens is 264 g/mol. The molecule has 0 spiro atoms.